The van der Waals surface area contributed by atoms with E-state index >= 15 is 0 Å². The molecule has 112 valence electrons. The molecule has 2 atom stereocenters. The van der Waals surface area contributed by atoms with Gasteiger partial charge in [0.15, 0.2) is 0 Å². The van der Waals surface area contributed by atoms with Gasteiger partial charge in [-0.1, -0.05) is 19.1 Å². The highest BCUT2D eigenvalue weighted by molar-refractivity contribution is 8.01. The summed E-state index contributed by atoms with van der Waals surface area (Å²) in [6.07, 6.45) is 2.29. The molecule has 2 unspecified atom stereocenters. The van der Waals surface area contributed by atoms with E-state index in [0.717, 1.165) is 12.8 Å². The standard InChI is InChI=1S/C16H19NO3S/c1-3-11-4-6-12(7-5-11)20-15(19)13-10-21-16(2)9-8-14(18)17(13)16/h4-7,13H,3,8-10H2,1-2H3. The third kappa shape index (κ3) is 2.55. The lowest BCUT2D eigenvalue weighted by molar-refractivity contribution is -0.146. The van der Waals surface area contributed by atoms with E-state index < -0.39 is 6.04 Å². The van der Waals surface area contributed by atoms with Gasteiger partial charge in [0.1, 0.15) is 11.8 Å². The van der Waals surface area contributed by atoms with Crippen LogP contribution in [-0.2, 0) is 16.0 Å². The summed E-state index contributed by atoms with van der Waals surface area (Å²) in [7, 11) is 0. The van der Waals surface area contributed by atoms with Crippen molar-refractivity contribution in [2.45, 2.75) is 44.0 Å². The van der Waals surface area contributed by atoms with Crippen molar-refractivity contribution in [2.24, 2.45) is 0 Å². The maximum atomic E-state index is 12.4. The Hall–Kier alpha value is -1.49. The summed E-state index contributed by atoms with van der Waals surface area (Å²) in [6, 6.07) is 7.07. The lowest BCUT2D eigenvalue weighted by Gasteiger charge is -2.29. The van der Waals surface area contributed by atoms with Crippen LogP contribution in [0.2, 0.25) is 0 Å². The number of fused-ring (bicyclic) bond motifs is 1. The first kappa shape index (κ1) is 14.4. The van der Waals surface area contributed by atoms with Crippen LogP contribution in [0.3, 0.4) is 0 Å². The molecule has 0 aliphatic carbocycles. The fraction of sp³-hybridized carbons (Fsp3) is 0.500. The van der Waals surface area contributed by atoms with Crippen molar-refractivity contribution in [1.82, 2.24) is 4.90 Å². The fourth-order valence-corrected chi connectivity index (χ4v) is 4.39. The van der Waals surface area contributed by atoms with Crippen LogP contribution in [0.1, 0.15) is 32.3 Å². The minimum atomic E-state index is -0.458. The van der Waals surface area contributed by atoms with Crippen LogP contribution >= 0.6 is 11.8 Å². The number of carbonyl (C=O) groups excluding carboxylic acids is 2. The zero-order valence-electron chi connectivity index (χ0n) is 12.3. The molecule has 0 radical (unpaired) electrons. The molecular weight excluding hydrogens is 286 g/mol. The Bertz CT molecular complexity index is 571. The molecule has 0 aromatic heterocycles. The van der Waals surface area contributed by atoms with Crippen LogP contribution in [0, 0.1) is 0 Å². The van der Waals surface area contributed by atoms with Gasteiger partial charge in [0.05, 0.1) is 4.87 Å². The molecule has 2 heterocycles. The smallest absolute Gasteiger partial charge is 0.335 e. The van der Waals surface area contributed by atoms with Gasteiger partial charge < -0.3 is 9.64 Å². The summed E-state index contributed by atoms with van der Waals surface area (Å²) >= 11 is 1.68. The molecule has 2 aliphatic heterocycles. The maximum Gasteiger partial charge on any atom is 0.335 e. The van der Waals surface area contributed by atoms with Crippen molar-refractivity contribution < 1.29 is 14.3 Å². The number of aryl methyl sites for hydroxylation is 1. The first-order valence-corrected chi connectivity index (χ1v) is 8.29. The second-order valence-corrected chi connectivity index (χ2v) is 7.19. The lowest BCUT2D eigenvalue weighted by atomic mass is 10.2. The van der Waals surface area contributed by atoms with Gasteiger partial charge in [-0.15, -0.1) is 11.8 Å². The summed E-state index contributed by atoms with van der Waals surface area (Å²) in [5.41, 5.74) is 1.20. The predicted octanol–water partition coefficient (Wildman–Crippen LogP) is 2.61. The molecule has 2 aliphatic rings. The third-order valence-corrected chi connectivity index (χ3v) is 5.77. The van der Waals surface area contributed by atoms with E-state index in [0.29, 0.717) is 17.9 Å². The maximum absolute atomic E-state index is 12.4. The van der Waals surface area contributed by atoms with E-state index in [9.17, 15) is 9.59 Å². The van der Waals surface area contributed by atoms with Crippen molar-refractivity contribution in [3.8, 4) is 5.75 Å². The Morgan fingerprint density at radius 2 is 2.14 bits per heavy atom. The molecule has 3 rings (SSSR count). The molecule has 1 amide bonds. The van der Waals surface area contributed by atoms with Crippen molar-refractivity contribution in [3.05, 3.63) is 29.8 Å². The van der Waals surface area contributed by atoms with Crippen molar-refractivity contribution >= 4 is 23.6 Å². The number of ether oxygens (including phenoxy) is 1. The van der Waals surface area contributed by atoms with Gasteiger partial charge >= 0.3 is 5.97 Å². The minimum Gasteiger partial charge on any atom is -0.425 e. The summed E-state index contributed by atoms with van der Waals surface area (Å²) < 4.78 is 5.45. The minimum absolute atomic E-state index is 0.0609. The summed E-state index contributed by atoms with van der Waals surface area (Å²) in [5, 5.41) is 0. The molecule has 1 aromatic rings. The van der Waals surface area contributed by atoms with E-state index in [1.165, 1.54) is 5.56 Å². The number of rotatable bonds is 3. The highest BCUT2D eigenvalue weighted by Gasteiger charge is 2.53. The molecule has 0 saturated carbocycles. The summed E-state index contributed by atoms with van der Waals surface area (Å²) in [6.45, 7) is 4.11. The molecular formula is C16H19NO3S. The van der Waals surface area contributed by atoms with Crippen LogP contribution in [0.5, 0.6) is 5.75 Å². The van der Waals surface area contributed by atoms with Gasteiger partial charge in [0, 0.05) is 12.2 Å². The lowest BCUT2D eigenvalue weighted by Crippen LogP contribution is -2.47. The first-order chi connectivity index (χ1) is 10.0. The van der Waals surface area contributed by atoms with Gasteiger partial charge in [0.2, 0.25) is 5.91 Å². The van der Waals surface area contributed by atoms with E-state index in [2.05, 4.69) is 6.92 Å². The Kier molecular flexibility index (Phi) is 3.69. The number of thioether (sulfide) groups is 1. The number of hydrogen-bond donors (Lipinski definition) is 0. The average molecular weight is 305 g/mol. The summed E-state index contributed by atoms with van der Waals surface area (Å²) in [5.74, 6) is 0.896. The number of amides is 1. The van der Waals surface area contributed by atoms with Crippen molar-refractivity contribution in [3.63, 3.8) is 0 Å². The molecule has 21 heavy (non-hydrogen) atoms. The van der Waals surface area contributed by atoms with E-state index in [1.807, 2.05) is 31.2 Å². The molecule has 2 fully saturated rings. The number of benzene rings is 1. The van der Waals surface area contributed by atoms with Gasteiger partial charge in [0.25, 0.3) is 0 Å². The molecule has 0 spiro atoms. The Balaban J connectivity index is 1.72. The topological polar surface area (TPSA) is 46.6 Å². The summed E-state index contributed by atoms with van der Waals surface area (Å²) in [4.78, 5) is 25.9. The Morgan fingerprint density at radius 1 is 1.43 bits per heavy atom. The number of carbonyl (C=O) groups is 2. The van der Waals surface area contributed by atoms with E-state index in [1.54, 1.807) is 16.7 Å². The second-order valence-electron chi connectivity index (χ2n) is 5.68. The first-order valence-electron chi connectivity index (χ1n) is 7.30. The van der Waals surface area contributed by atoms with Crippen LogP contribution in [-0.4, -0.2) is 33.4 Å². The van der Waals surface area contributed by atoms with Crippen LogP contribution in [0.25, 0.3) is 0 Å². The number of hydrogen-bond acceptors (Lipinski definition) is 4. The largest absolute Gasteiger partial charge is 0.425 e. The monoisotopic (exact) mass is 305 g/mol. The highest BCUT2D eigenvalue weighted by atomic mass is 32.2. The van der Waals surface area contributed by atoms with Crippen molar-refractivity contribution in [2.75, 3.05) is 5.75 Å². The van der Waals surface area contributed by atoms with Crippen molar-refractivity contribution in [1.29, 1.82) is 0 Å². The third-order valence-electron chi connectivity index (χ3n) is 4.27. The average Bonchev–Trinajstić information content (AvgIpc) is 2.97. The normalized spacial score (nSPS) is 27.8. The fourth-order valence-electron chi connectivity index (χ4n) is 2.97. The second kappa shape index (κ2) is 5.37. The van der Waals surface area contributed by atoms with Crippen LogP contribution < -0.4 is 4.74 Å². The Morgan fingerprint density at radius 3 is 2.81 bits per heavy atom. The molecule has 4 nitrogen and oxygen atoms in total. The van der Waals surface area contributed by atoms with E-state index in [4.69, 9.17) is 4.74 Å². The molecule has 1 aromatic carbocycles. The highest BCUT2D eigenvalue weighted by Crippen LogP contribution is 2.47. The predicted molar refractivity (Wildman–Crippen MR) is 82.2 cm³/mol. The number of nitrogens with zero attached hydrogens (tertiary/aromatic N) is 1. The van der Waals surface area contributed by atoms with E-state index in [-0.39, 0.29) is 16.7 Å². The van der Waals surface area contributed by atoms with Gasteiger partial charge in [-0.05, 0) is 37.5 Å². The zero-order valence-corrected chi connectivity index (χ0v) is 13.1. The Labute approximate surface area is 128 Å². The zero-order chi connectivity index (χ0) is 15.0. The van der Waals surface area contributed by atoms with Crippen LogP contribution in [0.4, 0.5) is 0 Å². The molecule has 0 bridgehead atoms. The number of esters is 1. The van der Waals surface area contributed by atoms with Gasteiger partial charge in [-0.2, -0.15) is 0 Å². The van der Waals surface area contributed by atoms with Gasteiger partial charge in [-0.25, -0.2) is 4.79 Å². The molecule has 0 N–H and O–H groups in total. The molecule has 2 saturated heterocycles. The molecule has 5 heteroatoms. The van der Waals surface area contributed by atoms with Gasteiger partial charge in [-0.3, -0.25) is 4.79 Å². The quantitative estimate of drug-likeness (QED) is 0.636. The SMILES string of the molecule is CCc1ccc(OC(=O)C2CSC3(C)CCC(=O)N23)cc1. The van der Waals surface area contributed by atoms with Crippen LogP contribution in [0.15, 0.2) is 24.3 Å².